The van der Waals surface area contributed by atoms with E-state index in [2.05, 4.69) is 22.0 Å². The van der Waals surface area contributed by atoms with E-state index in [0.717, 1.165) is 43.3 Å². The standard InChI is InChI=1S/C25H23BrO5S/c1-29-19-7-3-17(4-8-19)22(18-5-9-20(30-2)10-6-18)13-14-32-24-12-11-21(15-23(24)26)31-16-25(27)28/h3-13,15H,14,16H2,1-2H3,(H,27,28). The molecule has 0 spiro atoms. The molecule has 0 fully saturated rings. The fourth-order valence-electron chi connectivity index (χ4n) is 2.99. The third-order valence-corrected chi connectivity index (χ3v) is 6.51. The third-order valence-electron chi connectivity index (χ3n) is 4.59. The van der Waals surface area contributed by atoms with Crippen molar-refractivity contribution in [1.29, 1.82) is 0 Å². The van der Waals surface area contributed by atoms with Gasteiger partial charge in [0.1, 0.15) is 17.2 Å². The largest absolute Gasteiger partial charge is 0.497 e. The predicted octanol–water partition coefficient (Wildman–Crippen LogP) is 6.15. The van der Waals surface area contributed by atoms with Crippen molar-refractivity contribution >= 4 is 39.2 Å². The smallest absolute Gasteiger partial charge is 0.341 e. The Kier molecular flexibility index (Phi) is 8.64. The number of aliphatic carboxylic acids is 1. The van der Waals surface area contributed by atoms with Gasteiger partial charge in [0.15, 0.2) is 6.61 Å². The van der Waals surface area contributed by atoms with Gasteiger partial charge in [-0.15, -0.1) is 11.8 Å². The Morgan fingerprint density at radius 1 is 0.906 bits per heavy atom. The SMILES string of the molecule is COc1ccc(C(=CCSc2ccc(OCC(=O)O)cc2Br)c2ccc(OC)cc2)cc1. The lowest BCUT2D eigenvalue weighted by Gasteiger charge is -2.11. The second kappa shape index (κ2) is 11.6. The van der Waals surface area contributed by atoms with E-state index in [-0.39, 0.29) is 6.61 Å². The lowest BCUT2D eigenvalue weighted by molar-refractivity contribution is -0.139. The van der Waals surface area contributed by atoms with Gasteiger partial charge in [-0.2, -0.15) is 0 Å². The number of hydrogen-bond acceptors (Lipinski definition) is 5. The number of hydrogen-bond donors (Lipinski definition) is 1. The van der Waals surface area contributed by atoms with E-state index in [9.17, 15) is 4.79 Å². The molecular formula is C25H23BrO5S. The fourth-order valence-corrected chi connectivity index (χ4v) is 4.48. The molecule has 166 valence electrons. The monoisotopic (exact) mass is 514 g/mol. The first-order chi connectivity index (χ1) is 15.5. The average molecular weight is 515 g/mol. The number of carbonyl (C=O) groups is 1. The van der Waals surface area contributed by atoms with Crippen LogP contribution in [0, 0.1) is 0 Å². The molecule has 0 unspecified atom stereocenters. The zero-order chi connectivity index (χ0) is 22.9. The van der Waals surface area contributed by atoms with Crippen LogP contribution in [-0.2, 0) is 4.79 Å². The number of rotatable bonds is 10. The molecule has 0 atom stereocenters. The van der Waals surface area contributed by atoms with Gasteiger partial charge in [0.05, 0.1) is 14.2 Å². The number of carboxylic acids is 1. The number of halogens is 1. The number of methoxy groups -OCH3 is 2. The Labute approximate surface area is 200 Å². The van der Waals surface area contributed by atoms with Gasteiger partial charge < -0.3 is 19.3 Å². The minimum atomic E-state index is -1.01. The summed E-state index contributed by atoms with van der Waals surface area (Å²) in [7, 11) is 3.31. The van der Waals surface area contributed by atoms with E-state index in [1.54, 1.807) is 38.1 Å². The molecule has 3 aromatic carbocycles. The third kappa shape index (κ3) is 6.55. The van der Waals surface area contributed by atoms with Crippen molar-refractivity contribution in [3.8, 4) is 17.2 Å². The van der Waals surface area contributed by atoms with E-state index in [1.807, 2.05) is 54.6 Å². The molecule has 0 aliphatic carbocycles. The lowest BCUT2D eigenvalue weighted by atomic mass is 9.97. The lowest BCUT2D eigenvalue weighted by Crippen LogP contribution is -2.09. The Morgan fingerprint density at radius 3 is 1.91 bits per heavy atom. The minimum Gasteiger partial charge on any atom is -0.497 e. The fraction of sp³-hybridized carbons (Fsp3) is 0.160. The Hall–Kier alpha value is -2.90. The van der Waals surface area contributed by atoms with Crippen LogP contribution in [0.15, 0.2) is 82.2 Å². The zero-order valence-corrected chi connectivity index (χ0v) is 20.1. The molecule has 0 radical (unpaired) electrons. The van der Waals surface area contributed by atoms with Gasteiger partial charge in [0.2, 0.25) is 0 Å². The molecular weight excluding hydrogens is 492 g/mol. The second-order valence-corrected chi connectivity index (χ2v) is 8.58. The summed E-state index contributed by atoms with van der Waals surface area (Å²) < 4.78 is 16.7. The maximum atomic E-state index is 10.7. The summed E-state index contributed by atoms with van der Waals surface area (Å²) >= 11 is 5.21. The van der Waals surface area contributed by atoms with E-state index in [1.165, 1.54) is 0 Å². The first-order valence-corrected chi connectivity index (χ1v) is 11.5. The summed E-state index contributed by atoms with van der Waals surface area (Å²) in [4.78, 5) is 11.7. The topological polar surface area (TPSA) is 65.0 Å². The van der Waals surface area contributed by atoms with E-state index >= 15 is 0 Å². The number of ether oxygens (including phenoxy) is 3. The molecule has 3 rings (SSSR count). The van der Waals surface area contributed by atoms with Gasteiger partial charge in [-0.05, 0) is 75.1 Å². The van der Waals surface area contributed by atoms with Gasteiger partial charge in [-0.1, -0.05) is 30.3 Å². The molecule has 0 aliphatic heterocycles. The second-order valence-electron chi connectivity index (χ2n) is 6.66. The number of carboxylic acid groups (broad SMARTS) is 1. The maximum Gasteiger partial charge on any atom is 0.341 e. The van der Waals surface area contributed by atoms with Crippen LogP contribution < -0.4 is 14.2 Å². The van der Waals surface area contributed by atoms with Gasteiger partial charge in [0, 0.05) is 15.1 Å². The molecule has 0 aromatic heterocycles. The predicted molar refractivity (Wildman–Crippen MR) is 131 cm³/mol. The van der Waals surface area contributed by atoms with Gasteiger partial charge in [-0.25, -0.2) is 4.79 Å². The minimum absolute atomic E-state index is 0.366. The quantitative estimate of drug-likeness (QED) is 0.327. The molecule has 1 N–H and O–H groups in total. The summed E-state index contributed by atoms with van der Waals surface area (Å²) in [5, 5.41) is 8.75. The maximum absolute atomic E-state index is 10.7. The van der Waals surface area contributed by atoms with Crippen molar-refractivity contribution in [3.05, 3.63) is 88.4 Å². The van der Waals surface area contributed by atoms with Gasteiger partial charge in [-0.3, -0.25) is 0 Å². The highest BCUT2D eigenvalue weighted by Gasteiger charge is 2.08. The molecule has 0 saturated heterocycles. The van der Waals surface area contributed by atoms with Gasteiger partial charge in [0.25, 0.3) is 0 Å². The highest BCUT2D eigenvalue weighted by Crippen LogP contribution is 2.33. The van der Waals surface area contributed by atoms with Crippen LogP contribution in [0.5, 0.6) is 17.2 Å². The van der Waals surface area contributed by atoms with Gasteiger partial charge >= 0.3 is 5.97 Å². The summed E-state index contributed by atoms with van der Waals surface area (Å²) in [5.41, 5.74) is 3.29. The summed E-state index contributed by atoms with van der Waals surface area (Å²) in [5.74, 6) is 1.87. The van der Waals surface area contributed by atoms with Crippen LogP contribution in [0.2, 0.25) is 0 Å². The van der Waals surface area contributed by atoms with Crippen molar-refractivity contribution in [2.24, 2.45) is 0 Å². The van der Waals surface area contributed by atoms with E-state index in [4.69, 9.17) is 19.3 Å². The number of benzene rings is 3. The molecule has 0 bridgehead atoms. The van der Waals surface area contributed by atoms with Crippen LogP contribution >= 0.6 is 27.7 Å². The van der Waals surface area contributed by atoms with Crippen molar-refractivity contribution in [2.45, 2.75) is 4.90 Å². The normalized spacial score (nSPS) is 10.3. The van der Waals surface area contributed by atoms with Crippen molar-refractivity contribution in [1.82, 2.24) is 0 Å². The zero-order valence-electron chi connectivity index (χ0n) is 17.7. The van der Waals surface area contributed by atoms with Crippen LogP contribution in [0.25, 0.3) is 5.57 Å². The molecule has 32 heavy (non-hydrogen) atoms. The molecule has 0 heterocycles. The van der Waals surface area contributed by atoms with Crippen LogP contribution in [-0.4, -0.2) is 37.7 Å². The first-order valence-electron chi connectivity index (χ1n) is 9.76. The van der Waals surface area contributed by atoms with E-state index in [0.29, 0.717) is 5.75 Å². The van der Waals surface area contributed by atoms with Crippen molar-refractivity contribution in [3.63, 3.8) is 0 Å². The Morgan fingerprint density at radius 2 is 1.44 bits per heavy atom. The average Bonchev–Trinajstić information content (AvgIpc) is 2.82. The van der Waals surface area contributed by atoms with Crippen LogP contribution in [0.4, 0.5) is 0 Å². The molecule has 7 heteroatoms. The van der Waals surface area contributed by atoms with E-state index < -0.39 is 5.97 Å². The Balaban J connectivity index is 1.80. The van der Waals surface area contributed by atoms with Crippen LogP contribution in [0.1, 0.15) is 11.1 Å². The highest BCUT2D eigenvalue weighted by molar-refractivity contribution is 9.10. The molecule has 3 aromatic rings. The van der Waals surface area contributed by atoms with Crippen LogP contribution in [0.3, 0.4) is 0 Å². The number of thioether (sulfide) groups is 1. The molecule has 5 nitrogen and oxygen atoms in total. The highest BCUT2D eigenvalue weighted by atomic mass is 79.9. The molecule has 0 saturated carbocycles. The molecule has 0 aliphatic rings. The first kappa shape index (κ1) is 23.8. The van der Waals surface area contributed by atoms with Crippen molar-refractivity contribution < 1.29 is 24.1 Å². The summed E-state index contributed by atoms with van der Waals surface area (Å²) in [6.07, 6.45) is 2.19. The summed E-state index contributed by atoms with van der Waals surface area (Å²) in [6, 6.07) is 21.5. The van der Waals surface area contributed by atoms with Crippen molar-refractivity contribution in [2.75, 3.05) is 26.6 Å². The Bertz CT molecular complexity index is 1030. The summed E-state index contributed by atoms with van der Waals surface area (Å²) in [6.45, 7) is -0.366. The molecule has 0 amide bonds.